The Morgan fingerprint density at radius 3 is 2.89 bits per heavy atom. The van der Waals surface area contributed by atoms with Gasteiger partial charge in [0, 0.05) is 18.9 Å². The van der Waals surface area contributed by atoms with Gasteiger partial charge in [0.1, 0.15) is 0 Å². The molecule has 1 aliphatic rings. The Labute approximate surface area is 107 Å². The predicted octanol–water partition coefficient (Wildman–Crippen LogP) is 2.24. The lowest BCUT2D eigenvalue weighted by Gasteiger charge is -2.10. The summed E-state index contributed by atoms with van der Waals surface area (Å²) in [4.78, 5) is 11.7. The molecule has 18 heavy (non-hydrogen) atoms. The Morgan fingerprint density at radius 2 is 2.17 bits per heavy atom. The Kier molecular flexibility index (Phi) is 4.73. The number of ether oxygens (including phenoxy) is 3. The molecular weight excluding hydrogens is 232 g/mol. The fourth-order valence-corrected chi connectivity index (χ4v) is 1.92. The normalized spacial score (nSPS) is 22.9. The van der Waals surface area contributed by atoms with E-state index in [-0.39, 0.29) is 18.2 Å². The molecule has 1 saturated heterocycles. The molecule has 0 amide bonds. The Bertz CT molecular complexity index is 377. The zero-order valence-corrected chi connectivity index (χ0v) is 10.5. The average molecular weight is 250 g/mol. The molecule has 0 bridgehead atoms. The minimum atomic E-state index is -0.282. The number of benzene rings is 1. The van der Waals surface area contributed by atoms with Gasteiger partial charge in [0.15, 0.2) is 6.29 Å². The number of esters is 1. The van der Waals surface area contributed by atoms with Gasteiger partial charge in [-0.05, 0) is 19.1 Å². The van der Waals surface area contributed by atoms with E-state index in [2.05, 4.69) is 0 Å². The van der Waals surface area contributed by atoms with Gasteiger partial charge >= 0.3 is 5.97 Å². The van der Waals surface area contributed by atoms with E-state index in [1.807, 2.05) is 25.1 Å². The number of carbonyl (C=O) groups excluding carboxylic acids is 1. The van der Waals surface area contributed by atoms with E-state index in [9.17, 15) is 4.79 Å². The number of rotatable bonds is 5. The highest BCUT2D eigenvalue weighted by molar-refractivity contribution is 5.89. The van der Waals surface area contributed by atoms with Crippen LogP contribution in [0, 0.1) is 5.92 Å². The quantitative estimate of drug-likeness (QED) is 0.752. The van der Waals surface area contributed by atoms with Gasteiger partial charge in [0.25, 0.3) is 0 Å². The second-order valence-corrected chi connectivity index (χ2v) is 4.28. The Morgan fingerprint density at radius 1 is 1.39 bits per heavy atom. The Hall–Kier alpha value is -1.39. The highest BCUT2D eigenvalue weighted by Crippen LogP contribution is 2.21. The fraction of sp³-hybridized carbons (Fsp3) is 0.500. The van der Waals surface area contributed by atoms with E-state index in [4.69, 9.17) is 14.2 Å². The summed E-state index contributed by atoms with van der Waals surface area (Å²) >= 11 is 0. The summed E-state index contributed by atoms with van der Waals surface area (Å²) in [6, 6.07) is 9.00. The van der Waals surface area contributed by atoms with E-state index < -0.39 is 0 Å². The molecule has 0 saturated carbocycles. The van der Waals surface area contributed by atoms with E-state index in [1.54, 1.807) is 12.1 Å². The molecule has 0 radical (unpaired) electrons. The van der Waals surface area contributed by atoms with Crippen LogP contribution in [0.25, 0.3) is 0 Å². The molecule has 1 fully saturated rings. The lowest BCUT2D eigenvalue weighted by Crippen LogP contribution is -2.15. The van der Waals surface area contributed by atoms with Crippen molar-refractivity contribution in [1.82, 2.24) is 0 Å². The van der Waals surface area contributed by atoms with Gasteiger partial charge in [-0.2, -0.15) is 0 Å². The van der Waals surface area contributed by atoms with Crippen molar-refractivity contribution in [3.8, 4) is 0 Å². The minimum Gasteiger partial charge on any atom is -0.462 e. The molecule has 2 atom stereocenters. The maximum absolute atomic E-state index is 11.7. The molecule has 0 N–H and O–H groups in total. The molecule has 2 rings (SSSR count). The van der Waals surface area contributed by atoms with Gasteiger partial charge in [-0.15, -0.1) is 0 Å². The van der Waals surface area contributed by atoms with Crippen molar-refractivity contribution in [2.75, 3.05) is 19.8 Å². The molecular formula is C14H18O4. The molecule has 0 aromatic heterocycles. The molecule has 0 aliphatic carbocycles. The lowest BCUT2D eigenvalue weighted by molar-refractivity contribution is -0.106. The van der Waals surface area contributed by atoms with Crippen LogP contribution < -0.4 is 0 Å². The maximum Gasteiger partial charge on any atom is 0.338 e. The third-order valence-electron chi connectivity index (χ3n) is 2.86. The van der Waals surface area contributed by atoms with Crippen LogP contribution >= 0.6 is 0 Å². The average Bonchev–Trinajstić information content (AvgIpc) is 2.85. The monoisotopic (exact) mass is 250 g/mol. The highest BCUT2D eigenvalue weighted by atomic mass is 16.7. The first kappa shape index (κ1) is 13.1. The van der Waals surface area contributed by atoms with Gasteiger partial charge in [0.05, 0.1) is 18.8 Å². The van der Waals surface area contributed by atoms with Crippen LogP contribution in [0.2, 0.25) is 0 Å². The summed E-state index contributed by atoms with van der Waals surface area (Å²) in [5, 5.41) is 0. The third-order valence-corrected chi connectivity index (χ3v) is 2.86. The maximum atomic E-state index is 11.7. The minimum absolute atomic E-state index is 0.143. The van der Waals surface area contributed by atoms with Gasteiger partial charge in [-0.1, -0.05) is 18.2 Å². The van der Waals surface area contributed by atoms with Crippen LogP contribution in [0.4, 0.5) is 0 Å². The van der Waals surface area contributed by atoms with Gasteiger partial charge in [-0.3, -0.25) is 0 Å². The first-order valence-corrected chi connectivity index (χ1v) is 6.25. The zero-order chi connectivity index (χ0) is 12.8. The molecule has 2 unspecified atom stereocenters. The molecule has 4 nitrogen and oxygen atoms in total. The predicted molar refractivity (Wildman–Crippen MR) is 66.2 cm³/mol. The molecule has 98 valence electrons. The summed E-state index contributed by atoms with van der Waals surface area (Å²) in [7, 11) is 0. The number of carbonyl (C=O) groups is 1. The van der Waals surface area contributed by atoms with Crippen LogP contribution in [0.15, 0.2) is 30.3 Å². The van der Waals surface area contributed by atoms with Crippen molar-refractivity contribution >= 4 is 5.97 Å². The fourth-order valence-electron chi connectivity index (χ4n) is 1.92. The van der Waals surface area contributed by atoms with Crippen LogP contribution in [0.1, 0.15) is 23.7 Å². The second kappa shape index (κ2) is 6.52. The summed E-state index contributed by atoms with van der Waals surface area (Å²) in [6.45, 7) is 3.55. The van der Waals surface area contributed by atoms with Crippen LogP contribution in [-0.2, 0) is 14.2 Å². The summed E-state index contributed by atoms with van der Waals surface area (Å²) in [5.41, 5.74) is 0.581. The van der Waals surface area contributed by atoms with Crippen molar-refractivity contribution in [3.63, 3.8) is 0 Å². The lowest BCUT2D eigenvalue weighted by atomic mass is 10.1. The van der Waals surface area contributed by atoms with Crippen LogP contribution in [0.5, 0.6) is 0 Å². The summed E-state index contributed by atoms with van der Waals surface area (Å²) < 4.78 is 16.1. The SMILES string of the molecule is CCOC1CC(COC(=O)c2ccccc2)CO1. The highest BCUT2D eigenvalue weighted by Gasteiger charge is 2.26. The van der Waals surface area contributed by atoms with E-state index in [1.165, 1.54) is 0 Å². The van der Waals surface area contributed by atoms with Gasteiger partial charge in [-0.25, -0.2) is 4.79 Å². The smallest absolute Gasteiger partial charge is 0.338 e. The first-order valence-electron chi connectivity index (χ1n) is 6.25. The zero-order valence-electron chi connectivity index (χ0n) is 10.5. The van der Waals surface area contributed by atoms with Gasteiger partial charge < -0.3 is 14.2 Å². The van der Waals surface area contributed by atoms with Crippen LogP contribution in [0.3, 0.4) is 0 Å². The second-order valence-electron chi connectivity index (χ2n) is 4.28. The van der Waals surface area contributed by atoms with Crippen LogP contribution in [-0.4, -0.2) is 32.1 Å². The standard InChI is InChI=1S/C14H18O4/c1-2-16-13-8-11(9-17-13)10-18-14(15)12-6-4-3-5-7-12/h3-7,11,13H,2,8-10H2,1H3. The van der Waals surface area contributed by atoms with E-state index >= 15 is 0 Å². The summed E-state index contributed by atoms with van der Waals surface area (Å²) in [5.74, 6) is -0.0512. The third kappa shape index (κ3) is 3.55. The van der Waals surface area contributed by atoms with Crippen molar-refractivity contribution in [3.05, 3.63) is 35.9 Å². The molecule has 1 aliphatic heterocycles. The molecule has 1 aromatic rings. The van der Waals surface area contributed by atoms with Gasteiger partial charge in [0.2, 0.25) is 0 Å². The van der Waals surface area contributed by atoms with Crippen molar-refractivity contribution in [2.24, 2.45) is 5.92 Å². The topological polar surface area (TPSA) is 44.8 Å². The largest absolute Gasteiger partial charge is 0.462 e. The molecule has 1 heterocycles. The summed E-state index contributed by atoms with van der Waals surface area (Å²) in [6.07, 6.45) is 0.644. The number of hydrogen-bond donors (Lipinski definition) is 0. The van der Waals surface area contributed by atoms with E-state index in [0.29, 0.717) is 25.4 Å². The van der Waals surface area contributed by atoms with E-state index in [0.717, 1.165) is 6.42 Å². The van der Waals surface area contributed by atoms with Crippen molar-refractivity contribution in [1.29, 1.82) is 0 Å². The Balaban J connectivity index is 1.74. The molecule has 4 heteroatoms. The molecule has 1 aromatic carbocycles. The van der Waals surface area contributed by atoms with Crippen molar-refractivity contribution < 1.29 is 19.0 Å². The number of hydrogen-bond acceptors (Lipinski definition) is 4. The molecule has 0 spiro atoms. The first-order chi connectivity index (χ1) is 8.79. The van der Waals surface area contributed by atoms with Crippen molar-refractivity contribution in [2.45, 2.75) is 19.6 Å².